The van der Waals surface area contributed by atoms with Crippen LogP contribution < -0.4 is 10.7 Å². The van der Waals surface area contributed by atoms with Gasteiger partial charge in [-0.1, -0.05) is 38.7 Å². The highest BCUT2D eigenvalue weighted by atomic mass is 16.2. The van der Waals surface area contributed by atoms with Gasteiger partial charge in [-0.15, -0.1) is 0 Å². The van der Waals surface area contributed by atoms with Crippen LogP contribution in [0.15, 0.2) is 41.7 Å². The first-order valence-electron chi connectivity index (χ1n) is 12.8. The number of unbranched alkanes of at least 4 members (excludes halogenated alkanes) is 1. The van der Waals surface area contributed by atoms with Crippen molar-refractivity contribution < 1.29 is 9.59 Å². The third-order valence-electron chi connectivity index (χ3n) is 7.17. The molecule has 34 heavy (non-hydrogen) atoms. The Hall–Kier alpha value is -2.96. The monoisotopic (exact) mass is 464 g/mol. The fourth-order valence-corrected chi connectivity index (χ4v) is 5.22. The van der Waals surface area contributed by atoms with Gasteiger partial charge in [-0.2, -0.15) is 0 Å². The van der Waals surface area contributed by atoms with Crippen molar-refractivity contribution in [2.24, 2.45) is 0 Å². The number of carbonyl (C=O) groups is 2. The van der Waals surface area contributed by atoms with Gasteiger partial charge in [0.25, 0.3) is 11.8 Å². The van der Waals surface area contributed by atoms with Crippen molar-refractivity contribution in [3.05, 3.63) is 63.8 Å². The zero-order valence-corrected chi connectivity index (χ0v) is 20.2. The Bertz CT molecular complexity index is 1040. The number of rotatable bonds is 7. The molecule has 1 aliphatic carbocycles. The van der Waals surface area contributed by atoms with Gasteiger partial charge in [0.1, 0.15) is 11.1 Å². The molecular formula is C27H36N4O3. The summed E-state index contributed by atoms with van der Waals surface area (Å²) < 4.78 is 1.96. The van der Waals surface area contributed by atoms with Gasteiger partial charge < -0.3 is 14.8 Å². The molecule has 2 amide bonds. The molecule has 2 aromatic heterocycles. The summed E-state index contributed by atoms with van der Waals surface area (Å²) in [5.74, 6) is -0.675. The summed E-state index contributed by atoms with van der Waals surface area (Å²) in [5.41, 5.74) is 0.685. The van der Waals surface area contributed by atoms with Crippen molar-refractivity contribution >= 4 is 11.8 Å². The topological polar surface area (TPSA) is 84.3 Å². The average molecular weight is 465 g/mol. The summed E-state index contributed by atoms with van der Waals surface area (Å²) in [6.45, 7) is 3.17. The second-order valence-electron chi connectivity index (χ2n) is 9.56. The van der Waals surface area contributed by atoms with E-state index in [1.807, 2.05) is 16.7 Å². The van der Waals surface area contributed by atoms with Crippen molar-refractivity contribution in [2.45, 2.75) is 83.2 Å². The van der Waals surface area contributed by atoms with Crippen molar-refractivity contribution in [1.29, 1.82) is 0 Å². The van der Waals surface area contributed by atoms with E-state index < -0.39 is 5.43 Å². The normalized spacial score (nSPS) is 19.1. The summed E-state index contributed by atoms with van der Waals surface area (Å²) in [7, 11) is 0. The molecule has 1 atom stereocenters. The smallest absolute Gasteiger partial charge is 0.259 e. The number of nitrogens with zero attached hydrogens (tertiary/aromatic N) is 3. The number of hydrogen-bond donors (Lipinski definition) is 1. The number of pyridine rings is 2. The SMILES string of the molecule is CCCCNC(=O)c1cn(C2CCCCC2)cc(C(=O)N2CCCCC2c2cccnc2)c1=O. The highest BCUT2D eigenvalue weighted by molar-refractivity contribution is 5.99. The molecule has 0 radical (unpaired) electrons. The lowest BCUT2D eigenvalue weighted by Gasteiger charge is -2.36. The van der Waals surface area contributed by atoms with Crippen molar-refractivity contribution in [1.82, 2.24) is 19.8 Å². The van der Waals surface area contributed by atoms with Gasteiger partial charge in [0.05, 0.1) is 6.04 Å². The molecule has 2 aromatic rings. The summed E-state index contributed by atoms with van der Waals surface area (Å²) in [6, 6.07) is 3.96. The molecule has 1 aliphatic heterocycles. The Kier molecular flexibility index (Phi) is 8.14. The van der Waals surface area contributed by atoms with E-state index in [2.05, 4.69) is 17.2 Å². The molecule has 182 valence electrons. The van der Waals surface area contributed by atoms with E-state index in [9.17, 15) is 14.4 Å². The van der Waals surface area contributed by atoms with E-state index in [-0.39, 0.29) is 35.0 Å². The van der Waals surface area contributed by atoms with E-state index in [1.165, 1.54) is 6.42 Å². The van der Waals surface area contributed by atoms with Gasteiger partial charge in [-0.05, 0) is 50.2 Å². The second kappa shape index (κ2) is 11.4. The molecule has 1 N–H and O–H groups in total. The number of amides is 2. The maximum atomic E-state index is 13.8. The predicted octanol–water partition coefficient (Wildman–Crippen LogP) is 4.65. The van der Waals surface area contributed by atoms with Gasteiger partial charge in [0.15, 0.2) is 0 Å². The Morgan fingerprint density at radius 1 is 1.06 bits per heavy atom. The van der Waals surface area contributed by atoms with Gasteiger partial charge in [-0.25, -0.2) is 0 Å². The maximum Gasteiger partial charge on any atom is 0.259 e. The first kappa shape index (κ1) is 24.2. The Balaban J connectivity index is 1.71. The van der Waals surface area contributed by atoms with Crippen LogP contribution in [0.3, 0.4) is 0 Å². The first-order chi connectivity index (χ1) is 16.6. The number of likely N-dealkylation sites (tertiary alicyclic amines) is 1. The lowest BCUT2D eigenvalue weighted by atomic mass is 9.94. The van der Waals surface area contributed by atoms with Crippen molar-refractivity contribution in [3.8, 4) is 0 Å². The zero-order valence-electron chi connectivity index (χ0n) is 20.2. The third-order valence-corrected chi connectivity index (χ3v) is 7.17. The van der Waals surface area contributed by atoms with Crippen LogP contribution in [0.2, 0.25) is 0 Å². The molecule has 7 nitrogen and oxygen atoms in total. The summed E-state index contributed by atoms with van der Waals surface area (Å²) in [4.78, 5) is 46.3. The van der Waals surface area contributed by atoms with E-state index in [4.69, 9.17) is 0 Å². The number of nitrogens with one attached hydrogen (secondary N) is 1. The number of piperidine rings is 1. The number of aromatic nitrogens is 2. The molecule has 0 bridgehead atoms. The van der Waals surface area contributed by atoms with E-state index >= 15 is 0 Å². The Morgan fingerprint density at radius 3 is 2.56 bits per heavy atom. The van der Waals surface area contributed by atoms with Crippen molar-refractivity contribution in [2.75, 3.05) is 13.1 Å². The summed E-state index contributed by atoms with van der Waals surface area (Å²) >= 11 is 0. The molecule has 2 aliphatic rings. The molecule has 4 rings (SSSR count). The Morgan fingerprint density at radius 2 is 1.82 bits per heavy atom. The van der Waals surface area contributed by atoms with E-state index in [0.29, 0.717) is 13.1 Å². The zero-order chi connectivity index (χ0) is 23.9. The molecule has 2 fully saturated rings. The van der Waals surface area contributed by atoms with Gasteiger partial charge in [0, 0.05) is 43.9 Å². The third kappa shape index (κ3) is 5.40. The summed E-state index contributed by atoms with van der Waals surface area (Å²) in [6.07, 6.45) is 16.9. The minimum atomic E-state index is -0.471. The van der Waals surface area contributed by atoms with Crippen LogP contribution in [-0.2, 0) is 0 Å². The molecule has 0 spiro atoms. The van der Waals surface area contributed by atoms with E-state index in [0.717, 1.165) is 63.4 Å². The van der Waals surface area contributed by atoms with Crippen LogP contribution in [-0.4, -0.2) is 39.4 Å². The second-order valence-corrected chi connectivity index (χ2v) is 9.56. The highest BCUT2D eigenvalue weighted by Crippen LogP contribution is 2.32. The predicted molar refractivity (Wildman–Crippen MR) is 132 cm³/mol. The van der Waals surface area contributed by atoms with Crippen LogP contribution in [0.4, 0.5) is 0 Å². The molecule has 1 saturated carbocycles. The van der Waals surface area contributed by atoms with Crippen molar-refractivity contribution in [3.63, 3.8) is 0 Å². The Labute approximate surface area is 201 Å². The minimum absolute atomic E-state index is 0.0717. The largest absolute Gasteiger partial charge is 0.352 e. The van der Waals surface area contributed by atoms with Crippen LogP contribution in [0.1, 0.15) is 109 Å². The van der Waals surface area contributed by atoms with Crippen LogP contribution in [0, 0.1) is 0 Å². The van der Waals surface area contributed by atoms with Crippen LogP contribution in [0.5, 0.6) is 0 Å². The standard InChI is InChI=1S/C27H36N4O3/c1-2-3-15-29-26(33)22-18-30(21-11-5-4-6-12-21)19-23(25(22)32)27(34)31-16-8-7-13-24(31)20-10-9-14-28-17-20/h9-10,14,17-19,21,24H,2-8,11-13,15-16H2,1H3,(H,29,33). The first-order valence-corrected chi connectivity index (χ1v) is 12.8. The molecule has 0 aromatic carbocycles. The maximum absolute atomic E-state index is 13.8. The lowest BCUT2D eigenvalue weighted by Crippen LogP contribution is -2.42. The van der Waals surface area contributed by atoms with Crippen LogP contribution in [0.25, 0.3) is 0 Å². The van der Waals surface area contributed by atoms with Gasteiger partial charge >= 0.3 is 0 Å². The molecule has 7 heteroatoms. The van der Waals surface area contributed by atoms with Gasteiger partial charge in [0.2, 0.25) is 5.43 Å². The molecule has 1 unspecified atom stereocenters. The molecular weight excluding hydrogens is 428 g/mol. The highest BCUT2D eigenvalue weighted by Gasteiger charge is 2.32. The quantitative estimate of drug-likeness (QED) is 0.605. The van der Waals surface area contributed by atoms with E-state index in [1.54, 1.807) is 29.7 Å². The average Bonchev–Trinajstić information content (AvgIpc) is 2.89. The fourth-order valence-electron chi connectivity index (χ4n) is 5.22. The fraction of sp³-hybridized carbons (Fsp3) is 0.556. The minimum Gasteiger partial charge on any atom is -0.352 e. The molecule has 1 saturated heterocycles. The van der Waals surface area contributed by atoms with Crippen LogP contribution >= 0.6 is 0 Å². The lowest BCUT2D eigenvalue weighted by molar-refractivity contribution is 0.0608. The van der Waals surface area contributed by atoms with Gasteiger partial charge in [-0.3, -0.25) is 19.4 Å². The number of carbonyl (C=O) groups excluding carboxylic acids is 2. The number of hydrogen-bond acceptors (Lipinski definition) is 4. The molecule has 3 heterocycles. The summed E-state index contributed by atoms with van der Waals surface area (Å²) in [5, 5.41) is 2.87.